The molecule has 1 aliphatic heterocycles. The molecule has 0 unspecified atom stereocenters. The third-order valence-corrected chi connectivity index (χ3v) is 0.897. The predicted octanol–water partition coefficient (Wildman–Crippen LogP) is -0.100. The predicted molar refractivity (Wildman–Crippen MR) is 22.4 cm³/mol. The lowest BCUT2D eigenvalue weighted by atomic mass is 10.4. The molecule has 1 aliphatic rings. The van der Waals surface area contributed by atoms with Crippen molar-refractivity contribution in [3.8, 4) is 0 Å². The maximum absolute atomic E-state index is 10.1. The van der Waals surface area contributed by atoms with Crippen LogP contribution >= 0.6 is 0 Å². The van der Waals surface area contributed by atoms with Crippen molar-refractivity contribution in [3.05, 3.63) is 11.3 Å². The Kier molecular flexibility index (Phi) is 0.889. The summed E-state index contributed by atoms with van der Waals surface area (Å²) >= 11 is 0. The Balaban J connectivity index is 2.65. The quantitative estimate of drug-likeness (QED) is 0.397. The molecule has 1 amide bonds. The molecule has 37 valence electrons. The minimum atomic E-state index is -0.389. The fraction of sp³-hybridized carbons (Fsp3) is 0.500. The first-order valence-corrected chi connectivity index (χ1v) is 2.12. The minimum Gasteiger partial charge on any atom is -0.215 e. The van der Waals surface area contributed by atoms with E-state index in [1.165, 1.54) is 6.42 Å². The average Bonchev–Trinajstić information content (AvgIpc) is 1.91. The lowest BCUT2D eigenvalue weighted by Gasteiger charge is -1.64. The topological polar surface area (TPSA) is 37.1 Å². The zero-order valence-electron chi connectivity index (χ0n) is 3.76. The molecule has 0 aromatic heterocycles. The van der Waals surface area contributed by atoms with Crippen molar-refractivity contribution in [2.24, 2.45) is 0 Å². The normalized spacial score (nSPS) is 21.1. The number of nitroso groups, excluding NO2 is 1. The van der Waals surface area contributed by atoms with Crippen LogP contribution in [0.3, 0.4) is 0 Å². The molecule has 1 fully saturated rings. The van der Waals surface area contributed by atoms with E-state index in [9.17, 15) is 9.70 Å². The van der Waals surface area contributed by atoms with Gasteiger partial charge in [0, 0.05) is 11.3 Å². The Labute approximate surface area is 40.9 Å². The Bertz CT molecular complexity index is 105. The van der Waals surface area contributed by atoms with Gasteiger partial charge in [-0.1, -0.05) is 0 Å². The van der Waals surface area contributed by atoms with Crippen molar-refractivity contribution in [2.75, 3.05) is 6.54 Å². The minimum absolute atomic E-state index is 0.346. The summed E-state index contributed by atoms with van der Waals surface area (Å²) in [5.74, 6) is -0.389. The van der Waals surface area contributed by atoms with E-state index in [-0.39, 0.29) is 5.91 Å². The molecule has 1 saturated heterocycles. The fourth-order valence-corrected chi connectivity index (χ4v) is 0.517. The molecule has 0 aromatic rings. The molecule has 0 bridgehead atoms. The van der Waals surface area contributed by atoms with E-state index >= 15 is 0 Å². The van der Waals surface area contributed by atoms with Gasteiger partial charge >= 0.3 is 5.91 Å². The Morgan fingerprint density at radius 2 is 2.43 bits per heavy atom. The summed E-state index contributed by atoms with van der Waals surface area (Å²) in [6, 6.07) is 0. The van der Waals surface area contributed by atoms with Crippen LogP contribution in [0.5, 0.6) is 0 Å². The van der Waals surface area contributed by atoms with Crippen LogP contribution in [0.25, 0.3) is 0 Å². The molecule has 0 spiro atoms. The molecule has 0 saturated carbocycles. The second-order valence-electron chi connectivity index (χ2n) is 1.43. The summed E-state index contributed by atoms with van der Waals surface area (Å²) < 4.78 is 0.458. The van der Waals surface area contributed by atoms with Crippen molar-refractivity contribution < 1.29 is 9.55 Å². The van der Waals surface area contributed by atoms with Gasteiger partial charge in [-0.25, -0.2) is 4.79 Å². The average molecular weight is 99.1 g/mol. The van der Waals surface area contributed by atoms with Crippen LogP contribution in [-0.2, 0) is 4.79 Å². The monoisotopic (exact) mass is 99.0 g/mol. The molecule has 1 radical (unpaired) electrons. The Hall–Kier alpha value is -0.730. The molecule has 0 aromatic carbocycles. The fourth-order valence-electron chi connectivity index (χ4n) is 0.517. The van der Waals surface area contributed by atoms with Gasteiger partial charge in [-0.3, -0.25) is 0 Å². The van der Waals surface area contributed by atoms with Gasteiger partial charge in [0.1, 0.15) is 6.42 Å². The number of hydrogen-bond acceptors (Lipinski definition) is 2. The van der Waals surface area contributed by atoms with Gasteiger partial charge in [-0.2, -0.15) is 0 Å². The van der Waals surface area contributed by atoms with E-state index in [0.29, 0.717) is 17.7 Å². The van der Waals surface area contributed by atoms with Crippen LogP contribution in [0, 0.1) is 11.3 Å². The Morgan fingerprint density at radius 3 is 2.57 bits per heavy atom. The molecule has 3 nitrogen and oxygen atoms in total. The van der Waals surface area contributed by atoms with Gasteiger partial charge in [-0.15, -0.1) is 0 Å². The highest BCUT2D eigenvalue weighted by atomic mass is 16.3. The van der Waals surface area contributed by atoms with Crippen LogP contribution in [0.2, 0.25) is 0 Å². The maximum Gasteiger partial charge on any atom is 0.437 e. The number of rotatable bonds is 0. The summed E-state index contributed by atoms with van der Waals surface area (Å²) in [7, 11) is 0. The van der Waals surface area contributed by atoms with Gasteiger partial charge in [0.25, 0.3) is 0 Å². The van der Waals surface area contributed by atoms with Crippen molar-refractivity contribution in [1.82, 2.24) is 0 Å². The van der Waals surface area contributed by atoms with Crippen molar-refractivity contribution in [2.45, 2.75) is 6.42 Å². The van der Waals surface area contributed by atoms with Crippen LogP contribution in [-0.4, -0.2) is 17.2 Å². The smallest absolute Gasteiger partial charge is 0.215 e. The summed E-state index contributed by atoms with van der Waals surface area (Å²) in [5, 5.41) is 0. The third kappa shape index (κ3) is 0.656. The molecule has 3 heteroatoms. The number of carbonyl (C=O) groups is 1. The maximum atomic E-state index is 10.1. The molecule has 1 rings (SSSR count). The van der Waals surface area contributed by atoms with Crippen molar-refractivity contribution in [3.63, 3.8) is 0 Å². The second kappa shape index (κ2) is 1.40. The summed E-state index contributed by atoms with van der Waals surface area (Å²) in [4.78, 5) is 20.2. The summed E-state index contributed by atoms with van der Waals surface area (Å²) in [5.41, 5.74) is 0. The lowest BCUT2D eigenvalue weighted by molar-refractivity contribution is -0.452. The van der Waals surface area contributed by atoms with Gasteiger partial charge in [0.15, 0.2) is 0 Å². The molecule has 0 atom stereocenters. The van der Waals surface area contributed by atoms with E-state index in [4.69, 9.17) is 0 Å². The van der Waals surface area contributed by atoms with Crippen molar-refractivity contribution in [1.29, 1.82) is 0 Å². The van der Waals surface area contributed by atoms with Gasteiger partial charge in [0.2, 0.25) is 6.54 Å². The van der Waals surface area contributed by atoms with Crippen LogP contribution in [0.4, 0.5) is 0 Å². The second-order valence-corrected chi connectivity index (χ2v) is 1.43. The van der Waals surface area contributed by atoms with Gasteiger partial charge < -0.3 is 0 Å². The van der Waals surface area contributed by atoms with E-state index < -0.39 is 0 Å². The highest BCUT2D eigenvalue weighted by Gasteiger charge is 2.29. The van der Waals surface area contributed by atoms with Gasteiger partial charge in [0.05, 0.1) is 4.76 Å². The third-order valence-electron chi connectivity index (χ3n) is 0.897. The summed E-state index contributed by atoms with van der Waals surface area (Å²) in [6.07, 6.45) is 2.01. The van der Waals surface area contributed by atoms with E-state index in [0.717, 1.165) is 0 Å². The number of carbonyl (C=O) groups excluding carboxylic acids is 1. The van der Waals surface area contributed by atoms with E-state index in [2.05, 4.69) is 0 Å². The number of nitrogens with zero attached hydrogens (tertiary/aromatic N) is 1. The standard InChI is InChI=1S/C4H5NO2/c6-4-2-1-3-5(4)7/h2H,1,3H2/q+1. The van der Waals surface area contributed by atoms with Crippen molar-refractivity contribution >= 4 is 5.91 Å². The number of hydrogen-bond donors (Lipinski definition) is 0. The molecular weight excluding hydrogens is 94.0 g/mol. The molecular formula is C4H5NO2+. The van der Waals surface area contributed by atoms with Crippen LogP contribution in [0.15, 0.2) is 0 Å². The zero-order chi connectivity index (χ0) is 5.28. The first-order chi connectivity index (χ1) is 3.30. The Morgan fingerprint density at radius 1 is 1.71 bits per heavy atom. The summed E-state index contributed by atoms with van der Waals surface area (Å²) in [6.45, 7) is 0.346. The van der Waals surface area contributed by atoms with Crippen LogP contribution < -0.4 is 0 Å². The molecule has 7 heavy (non-hydrogen) atoms. The first-order valence-electron chi connectivity index (χ1n) is 2.12. The largest absolute Gasteiger partial charge is 0.437 e. The van der Waals surface area contributed by atoms with Crippen LogP contribution in [0.1, 0.15) is 6.42 Å². The lowest BCUT2D eigenvalue weighted by Crippen LogP contribution is -2.07. The highest BCUT2D eigenvalue weighted by Crippen LogP contribution is 1.99. The highest BCUT2D eigenvalue weighted by molar-refractivity contribution is 5.78. The number of amides is 1. The first kappa shape index (κ1) is 4.43. The molecule has 1 heterocycles. The molecule has 0 aliphatic carbocycles. The van der Waals surface area contributed by atoms with Gasteiger partial charge in [-0.05, 0) is 0 Å². The molecule has 0 N–H and O–H groups in total. The van der Waals surface area contributed by atoms with E-state index in [1.807, 2.05) is 0 Å². The SMILES string of the molecule is O=C1[CH]CC[N+]1=O. The zero-order valence-corrected chi connectivity index (χ0v) is 3.76. The van der Waals surface area contributed by atoms with E-state index in [1.54, 1.807) is 0 Å².